The van der Waals surface area contributed by atoms with Gasteiger partial charge in [0.1, 0.15) is 18.0 Å². The molecular formula is C12H18N4O2. The van der Waals surface area contributed by atoms with Gasteiger partial charge in [0.15, 0.2) is 0 Å². The van der Waals surface area contributed by atoms with E-state index in [1.807, 2.05) is 6.07 Å². The van der Waals surface area contributed by atoms with Crippen LogP contribution < -0.4 is 10.2 Å². The van der Waals surface area contributed by atoms with E-state index in [-0.39, 0.29) is 5.97 Å². The SMILES string of the molecule is COC(=O)CCNc1cc(N2CCCC2)ncn1. The molecule has 0 bridgehead atoms. The summed E-state index contributed by atoms with van der Waals surface area (Å²) in [5.74, 6) is 1.47. The summed E-state index contributed by atoms with van der Waals surface area (Å²) < 4.78 is 4.57. The molecule has 1 aliphatic rings. The predicted molar refractivity (Wildman–Crippen MR) is 68.6 cm³/mol. The Morgan fingerprint density at radius 3 is 2.94 bits per heavy atom. The quantitative estimate of drug-likeness (QED) is 0.788. The summed E-state index contributed by atoms with van der Waals surface area (Å²) in [7, 11) is 1.39. The average molecular weight is 250 g/mol. The first kappa shape index (κ1) is 12.6. The van der Waals surface area contributed by atoms with Gasteiger partial charge in [-0.2, -0.15) is 0 Å². The highest BCUT2D eigenvalue weighted by molar-refractivity contribution is 5.69. The minimum Gasteiger partial charge on any atom is -0.469 e. The average Bonchev–Trinajstić information content (AvgIpc) is 2.93. The normalized spacial score (nSPS) is 14.6. The van der Waals surface area contributed by atoms with Crippen LogP contribution in [-0.2, 0) is 9.53 Å². The first-order valence-corrected chi connectivity index (χ1v) is 6.17. The highest BCUT2D eigenvalue weighted by Crippen LogP contribution is 2.19. The number of carbonyl (C=O) groups excluding carboxylic acids is 1. The molecule has 98 valence electrons. The Balaban J connectivity index is 1.88. The summed E-state index contributed by atoms with van der Waals surface area (Å²) in [6, 6.07) is 1.92. The number of hydrogen-bond donors (Lipinski definition) is 1. The van der Waals surface area contributed by atoms with Crippen molar-refractivity contribution in [3.05, 3.63) is 12.4 Å². The smallest absolute Gasteiger partial charge is 0.307 e. The highest BCUT2D eigenvalue weighted by Gasteiger charge is 2.13. The maximum atomic E-state index is 11.0. The van der Waals surface area contributed by atoms with Crippen LogP contribution in [0.15, 0.2) is 12.4 Å². The zero-order valence-corrected chi connectivity index (χ0v) is 10.6. The van der Waals surface area contributed by atoms with E-state index in [0.717, 1.165) is 24.7 Å². The molecule has 0 saturated carbocycles. The predicted octanol–water partition coefficient (Wildman–Crippen LogP) is 1.05. The molecule has 0 atom stereocenters. The molecule has 1 N–H and O–H groups in total. The Morgan fingerprint density at radius 2 is 2.22 bits per heavy atom. The van der Waals surface area contributed by atoms with Crippen molar-refractivity contribution < 1.29 is 9.53 Å². The summed E-state index contributed by atoms with van der Waals surface area (Å²) in [6.45, 7) is 2.63. The molecule has 6 heteroatoms. The van der Waals surface area contributed by atoms with Gasteiger partial charge in [-0.05, 0) is 12.8 Å². The monoisotopic (exact) mass is 250 g/mol. The first-order valence-electron chi connectivity index (χ1n) is 6.17. The Hall–Kier alpha value is -1.85. The molecule has 0 spiro atoms. The lowest BCUT2D eigenvalue weighted by atomic mass is 10.4. The van der Waals surface area contributed by atoms with Crippen LogP contribution >= 0.6 is 0 Å². The minimum absolute atomic E-state index is 0.226. The fraction of sp³-hybridized carbons (Fsp3) is 0.583. The van der Waals surface area contributed by atoms with Crippen LogP contribution in [0.2, 0.25) is 0 Å². The zero-order valence-electron chi connectivity index (χ0n) is 10.6. The lowest BCUT2D eigenvalue weighted by Gasteiger charge is -2.16. The lowest BCUT2D eigenvalue weighted by Crippen LogP contribution is -2.19. The number of esters is 1. The Morgan fingerprint density at radius 1 is 1.44 bits per heavy atom. The standard InChI is InChI=1S/C12H18N4O2/c1-18-12(17)4-5-13-10-8-11(15-9-14-10)16-6-2-3-7-16/h8-9H,2-7H2,1H3,(H,13,14,15). The molecule has 0 aromatic carbocycles. The fourth-order valence-corrected chi connectivity index (χ4v) is 1.96. The molecule has 1 saturated heterocycles. The number of rotatable bonds is 5. The van der Waals surface area contributed by atoms with Gasteiger partial charge in [0.2, 0.25) is 0 Å². The summed E-state index contributed by atoms with van der Waals surface area (Å²) >= 11 is 0. The number of hydrogen-bond acceptors (Lipinski definition) is 6. The van der Waals surface area contributed by atoms with Gasteiger partial charge in [0.25, 0.3) is 0 Å². The molecule has 1 aliphatic heterocycles. The maximum Gasteiger partial charge on any atom is 0.307 e. The van der Waals surface area contributed by atoms with E-state index < -0.39 is 0 Å². The van der Waals surface area contributed by atoms with Crippen molar-refractivity contribution in [1.29, 1.82) is 0 Å². The van der Waals surface area contributed by atoms with E-state index in [4.69, 9.17) is 0 Å². The van der Waals surface area contributed by atoms with E-state index in [9.17, 15) is 4.79 Å². The number of anilines is 2. The van der Waals surface area contributed by atoms with Gasteiger partial charge < -0.3 is 15.0 Å². The maximum absolute atomic E-state index is 11.0. The molecule has 1 aromatic heterocycles. The molecule has 1 fully saturated rings. The third kappa shape index (κ3) is 3.32. The molecular weight excluding hydrogens is 232 g/mol. The Labute approximate surface area is 106 Å². The zero-order chi connectivity index (χ0) is 12.8. The molecule has 0 unspecified atom stereocenters. The van der Waals surface area contributed by atoms with E-state index in [1.165, 1.54) is 20.0 Å². The summed E-state index contributed by atoms with van der Waals surface area (Å²) in [5, 5.41) is 3.10. The van der Waals surface area contributed by atoms with E-state index >= 15 is 0 Å². The van der Waals surface area contributed by atoms with Gasteiger partial charge >= 0.3 is 5.97 Å². The lowest BCUT2D eigenvalue weighted by molar-refractivity contribution is -0.140. The van der Waals surface area contributed by atoms with Crippen molar-refractivity contribution in [2.75, 3.05) is 37.0 Å². The van der Waals surface area contributed by atoms with E-state index in [2.05, 4.69) is 24.9 Å². The number of nitrogens with zero attached hydrogens (tertiary/aromatic N) is 3. The van der Waals surface area contributed by atoms with Crippen molar-refractivity contribution in [2.45, 2.75) is 19.3 Å². The third-order valence-electron chi connectivity index (χ3n) is 2.95. The summed E-state index contributed by atoms with van der Waals surface area (Å²) in [4.78, 5) is 21.6. The highest BCUT2D eigenvalue weighted by atomic mass is 16.5. The molecule has 0 aliphatic carbocycles. The van der Waals surface area contributed by atoms with Crippen molar-refractivity contribution in [3.8, 4) is 0 Å². The summed E-state index contributed by atoms with van der Waals surface area (Å²) in [5.41, 5.74) is 0. The summed E-state index contributed by atoms with van der Waals surface area (Å²) in [6.07, 6.45) is 4.32. The second-order valence-electron chi connectivity index (χ2n) is 4.21. The van der Waals surface area contributed by atoms with Crippen molar-refractivity contribution in [2.24, 2.45) is 0 Å². The van der Waals surface area contributed by atoms with E-state index in [1.54, 1.807) is 6.33 Å². The number of carbonyl (C=O) groups is 1. The van der Waals surface area contributed by atoms with Crippen molar-refractivity contribution in [3.63, 3.8) is 0 Å². The van der Waals surface area contributed by atoms with Crippen molar-refractivity contribution >= 4 is 17.6 Å². The van der Waals surface area contributed by atoms with Crippen LogP contribution in [0.4, 0.5) is 11.6 Å². The van der Waals surface area contributed by atoms with Crippen LogP contribution in [0.5, 0.6) is 0 Å². The van der Waals surface area contributed by atoms with Crippen LogP contribution in [0.3, 0.4) is 0 Å². The molecule has 2 heterocycles. The van der Waals surface area contributed by atoms with Gasteiger partial charge in [-0.1, -0.05) is 0 Å². The van der Waals surface area contributed by atoms with Crippen LogP contribution in [0.25, 0.3) is 0 Å². The van der Waals surface area contributed by atoms with Crippen LogP contribution in [0, 0.1) is 0 Å². The van der Waals surface area contributed by atoms with Crippen LogP contribution in [0.1, 0.15) is 19.3 Å². The van der Waals surface area contributed by atoms with Crippen molar-refractivity contribution in [1.82, 2.24) is 9.97 Å². The number of aromatic nitrogens is 2. The topological polar surface area (TPSA) is 67.3 Å². The number of methoxy groups -OCH3 is 1. The third-order valence-corrected chi connectivity index (χ3v) is 2.95. The van der Waals surface area contributed by atoms with Gasteiger partial charge in [0.05, 0.1) is 13.5 Å². The molecule has 18 heavy (non-hydrogen) atoms. The van der Waals surface area contributed by atoms with E-state index in [0.29, 0.717) is 13.0 Å². The fourth-order valence-electron chi connectivity index (χ4n) is 1.96. The second kappa shape index (κ2) is 6.18. The number of ether oxygens (including phenoxy) is 1. The van der Waals surface area contributed by atoms with Gasteiger partial charge in [-0.3, -0.25) is 4.79 Å². The molecule has 1 aromatic rings. The van der Waals surface area contributed by atoms with Crippen LogP contribution in [-0.4, -0.2) is 42.7 Å². The van der Waals surface area contributed by atoms with Gasteiger partial charge in [0, 0.05) is 25.7 Å². The molecule has 6 nitrogen and oxygen atoms in total. The Kier molecular flexibility index (Phi) is 4.33. The first-order chi connectivity index (χ1) is 8.79. The van der Waals surface area contributed by atoms with Gasteiger partial charge in [-0.15, -0.1) is 0 Å². The second-order valence-corrected chi connectivity index (χ2v) is 4.21. The Bertz CT molecular complexity index is 405. The molecule has 0 amide bonds. The minimum atomic E-state index is -0.226. The molecule has 0 radical (unpaired) electrons. The largest absolute Gasteiger partial charge is 0.469 e. The molecule has 2 rings (SSSR count). The van der Waals surface area contributed by atoms with Gasteiger partial charge in [-0.25, -0.2) is 9.97 Å². The number of nitrogens with one attached hydrogen (secondary N) is 1.